The largest absolute Gasteiger partial charge is 0.506 e. The van der Waals surface area contributed by atoms with Gasteiger partial charge in [0.05, 0.1) is 23.2 Å². The van der Waals surface area contributed by atoms with Crippen molar-refractivity contribution in [1.29, 1.82) is 0 Å². The van der Waals surface area contributed by atoms with Crippen molar-refractivity contribution in [2.24, 2.45) is 0 Å². The quantitative estimate of drug-likeness (QED) is 0.769. The number of hydrogen-bond acceptors (Lipinski definition) is 4. The summed E-state index contributed by atoms with van der Waals surface area (Å²) in [4.78, 5) is 17.5. The van der Waals surface area contributed by atoms with Crippen LogP contribution in [0.3, 0.4) is 0 Å². The van der Waals surface area contributed by atoms with Crippen LogP contribution in [0.5, 0.6) is 5.75 Å². The summed E-state index contributed by atoms with van der Waals surface area (Å²) in [6, 6.07) is 4.58. The maximum atomic E-state index is 12.1. The third-order valence-electron chi connectivity index (χ3n) is 3.31. The fourth-order valence-electron chi connectivity index (χ4n) is 2.17. The first-order valence-electron chi connectivity index (χ1n) is 6.72. The molecule has 1 atom stereocenters. The number of carbonyl (C=O) groups is 1. The zero-order valence-corrected chi connectivity index (χ0v) is 13.4. The van der Waals surface area contributed by atoms with Crippen LogP contribution in [0.25, 0.3) is 4.96 Å². The number of fused-ring (bicyclic) bond motifs is 1. The van der Waals surface area contributed by atoms with E-state index in [1.165, 1.54) is 6.07 Å². The molecule has 0 saturated heterocycles. The molecule has 1 amide bonds. The number of benzene rings is 1. The Morgan fingerprint density at radius 2 is 2.36 bits per heavy atom. The van der Waals surface area contributed by atoms with Gasteiger partial charge in [0.15, 0.2) is 4.96 Å². The lowest BCUT2D eigenvalue weighted by Gasteiger charge is -2.11. The van der Waals surface area contributed by atoms with Gasteiger partial charge in [0, 0.05) is 17.8 Å². The molecule has 114 valence electrons. The normalized spacial score (nSPS) is 12.5. The molecule has 3 aromatic rings. The van der Waals surface area contributed by atoms with Crippen molar-refractivity contribution in [3.05, 3.63) is 52.3 Å². The Balaban J connectivity index is 1.65. The number of aromatic hydroxyl groups is 1. The minimum absolute atomic E-state index is 0.0114. The zero-order valence-electron chi connectivity index (χ0n) is 11.8. The summed E-state index contributed by atoms with van der Waals surface area (Å²) >= 11 is 7.39. The van der Waals surface area contributed by atoms with Crippen LogP contribution in [-0.4, -0.2) is 20.4 Å². The second kappa shape index (κ2) is 5.98. The summed E-state index contributed by atoms with van der Waals surface area (Å²) in [6.07, 6.45) is 4.05. The fraction of sp³-hybridized carbons (Fsp3) is 0.200. The van der Waals surface area contributed by atoms with Crippen molar-refractivity contribution in [3.63, 3.8) is 0 Å². The average Bonchev–Trinajstić information content (AvgIpc) is 3.03. The number of rotatable bonds is 4. The van der Waals surface area contributed by atoms with Gasteiger partial charge < -0.3 is 10.4 Å². The number of nitrogens with zero attached hydrogens (tertiary/aromatic N) is 2. The van der Waals surface area contributed by atoms with Crippen molar-refractivity contribution in [2.45, 2.75) is 19.4 Å². The Labute approximate surface area is 136 Å². The number of nitrogens with one attached hydrogen (secondary N) is 1. The van der Waals surface area contributed by atoms with E-state index in [1.807, 2.05) is 29.1 Å². The molecule has 2 heterocycles. The van der Waals surface area contributed by atoms with E-state index >= 15 is 0 Å². The topological polar surface area (TPSA) is 66.6 Å². The van der Waals surface area contributed by atoms with Crippen molar-refractivity contribution < 1.29 is 9.90 Å². The Morgan fingerprint density at radius 3 is 3.09 bits per heavy atom. The lowest BCUT2D eigenvalue weighted by molar-refractivity contribution is -0.121. The number of halogens is 1. The van der Waals surface area contributed by atoms with Gasteiger partial charge in [-0.15, -0.1) is 11.3 Å². The third-order valence-corrected chi connectivity index (χ3v) is 4.38. The van der Waals surface area contributed by atoms with Crippen LogP contribution in [0, 0.1) is 0 Å². The standard InChI is InChI=1S/C15H14ClN3O2S/c1-9(12-8-19-4-5-22-15(19)18-12)17-14(21)7-10-2-3-13(20)11(16)6-10/h2-6,8-9,20H,7H2,1H3,(H,17,21)/t9-/m1/s1. The monoisotopic (exact) mass is 335 g/mol. The van der Waals surface area contributed by atoms with E-state index in [0.717, 1.165) is 16.2 Å². The molecule has 2 N–H and O–H groups in total. The van der Waals surface area contributed by atoms with Gasteiger partial charge in [-0.3, -0.25) is 9.20 Å². The van der Waals surface area contributed by atoms with Gasteiger partial charge in [0.25, 0.3) is 0 Å². The molecule has 0 radical (unpaired) electrons. The molecule has 5 nitrogen and oxygen atoms in total. The van der Waals surface area contributed by atoms with Crippen LogP contribution in [-0.2, 0) is 11.2 Å². The Bertz CT molecular complexity index is 799. The van der Waals surface area contributed by atoms with Crippen molar-refractivity contribution >= 4 is 33.8 Å². The Morgan fingerprint density at radius 1 is 1.55 bits per heavy atom. The van der Waals surface area contributed by atoms with Gasteiger partial charge in [-0.2, -0.15) is 0 Å². The minimum atomic E-state index is -0.174. The van der Waals surface area contributed by atoms with E-state index in [2.05, 4.69) is 10.3 Å². The zero-order chi connectivity index (χ0) is 15.7. The first-order valence-corrected chi connectivity index (χ1v) is 7.97. The molecular formula is C15H14ClN3O2S. The van der Waals surface area contributed by atoms with E-state index in [1.54, 1.807) is 23.5 Å². The van der Waals surface area contributed by atoms with Crippen molar-refractivity contribution in [2.75, 3.05) is 0 Å². The van der Waals surface area contributed by atoms with E-state index in [-0.39, 0.29) is 29.1 Å². The first-order chi connectivity index (χ1) is 10.5. The number of imidazole rings is 1. The van der Waals surface area contributed by atoms with E-state index < -0.39 is 0 Å². The molecule has 3 rings (SSSR count). The van der Waals surface area contributed by atoms with Crippen LogP contribution in [0.1, 0.15) is 24.2 Å². The third kappa shape index (κ3) is 3.08. The Kier molecular flexibility index (Phi) is 4.04. The van der Waals surface area contributed by atoms with Gasteiger partial charge in [0.1, 0.15) is 5.75 Å². The SMILES string of the molecule is C[C@@H](NC(=O)Cc1ccc(O)c(Cl)c1)c1cn2ccsc2n1. The van der Waals surface area contributed by atoms with Gasteiger partial charge >= 0.3 is 0 Å². The van der Waals surface area contributed by atoms with Crippen molar-refractivity contribution in [3.8, 4) is 5.75 Å². The molecule has 22 heavy (non-hydrogen) atoms. The van der Waals surface area contributed by atoms with Crippen LogP contribution < -0.4 is 5.32 Å². The van der Waals surface area contributed by atoms with Crippen LogP contribution >= 0.6 is 22.9 Å². The maximum Gasteiger partial charge on any atom is 0.224 e. The average molecular weight is 336 g/mol. The number of phenolic OH excluding ortho intramolecular Hbond substituents is 1. The number of hydrogen-bond donors (Lipinski definition) is 2. The molecule has 0 aliphatic heterocycles. The molecule has 0 spiro atoms. The van der Waals surface area contributed by atoms with E-state index in [9.17, 15) is 9.90 Å². The molecule has 0 aliphatic carbocycles. The van der Waals surface area contributed by atoms with Gasteiger partial charge in [0.2, 0.25) is 5.91 Å². The molecule has 1 aromatic carbocycles. The Hall–Kier alpha value is -2.05. The molecule has 0 saturated carbocycles. The molecule has 0 unspecified atom stereocenters. The summed E-state index contributed by atoms with van der Waals surface area (Å²) < 4.78 is 1.93. The van der Waals surface area contributed by atoms with E-state index in [4.69, 9.17) is 11.6 Å². The van der Waals surface area contributed by atoms with Crippen LogP contribution in [0.4, 0.5) is 0 Å². The first kappa shape index (κ1) is 14.9. The second-order valence-corrected chi connectivity index (χ2v) is 6.29. The van der Waals surface area contributed by atoms with E-state index in [0.29, 0.717) is 0 Å². The van der Waals surface area contributed by atoms with Crippen LogP contribution in [0.2, 0.25) is 5.02 Å². The van der Waals surface area contributed by atoms with Gasteiger partial charge in [-0.25, -0.2) is 4.98 Å². The number of phenols is 1. The molecule has 7 heteroatoms. The number of aromatic nitrogens is 2. The maximum absolute atomic E-state index is 12.1. The highest BCUT2D eigenvalue weighted by Crippen LogP contribution is 2.24. The number of thiazole rings is 1. The summed E-state index contributed by atoms with van der Waals surface area (Å²) in [5.74, 6) is -0.108. The highest BCUT2D eigenvalue weighted by Gasteiger charge is 2.14. The summed E-state index contributed by atoms with van der Waals surface area (Å²) in [6.45, 7) is 1.90. The number of carbonyl (C=O) groups excluding carboxylic acids is 1. The molecule has 0 fully saturated rings. The molecule has 0 bridgehead atoms. The molecule has 0 aliphatic rings. The smallest absolute Gasteiger partial charge is 0.224 e. The lowest BCUT2D eigenvalue weighted by atomic mass is 10.1. The van der Waals surface area contributed by atoms with Gasteiger partial charge in [-0.05, 0) is 24.6 Å². The molecular weight excluding hydrogens is 322 g/mol. The fourth-order valence-corrected chi connectivity index (χ4v) is 3.08. The predicted molar refractivity (Wildman–Crippen MR) is 86.4 cm³/mol. The van der Waals surface area contributed by atoms with Crippen LogP contribution in [0.15, 0.2) is 36.0 Å². The lowest BCUT2D eigenvalue weighted by Crippen LogP contribution is -2.28. The summed E-state index contributed by atoms with van der Waals surface area (Å²) in [5, 5.41) is 14.5. The number of amides is 1. The van der Waals surface area contributed by atoms with Gasteiger partial charge in [-0.1, -0.05) is 17.7 Å². The highest BCUT2D eigenvalue weighted by atomic mass is 35.5. The second-order valence-electron chi connectivity index (χ2n) is 5.01. The predicted octanol–water partition coefficient (Wildman–Crippen LogP) is 3.17. The highest BCUT2D eigenvalue weighted by molar-refractivity contribution is 7.15. The molecule has 2 aromatic heterocycles. The summed E-state index contributed by atoms with van der Waals surface area (Å²) in [5.41, 5.74) is 1.57. The minimum Gasteiger partial charge on any atom is -0.506 e. The summed E-state index contributed by atoms with van der Waals surface area (Å²) in [7, 11) is 0. The van der Waals surface area contributed by atoms with Crippen molar-refractivity contribution in [1.82, 2.24) is 14.7 Å².